The molecule has 3 N–H and O–H groups in total. The van der Waals surface area contributed by atoms with Gasteiger partial charge in [-0.15, -0.1) is 0 Å². The predicted octanol–water partition coefficient (Wildman–Crippen LogP) is 3.50. The number of ether oxygens (including phenoxy) is 2. The number of hydrogen-bond donors (Lipinski definition) is 2. The van der Waals surface area contributed by atoms with Gasteiger partial charge in [0.2, 0.25) is 11.6 Å². The van der Waals surface area contributed by atoms with Crippen molar-refractivity contribution in [1.82, 2.24) is 0 Å². The number of nitrogens with two attached hydrogens (primary N) is 1. The zero-order valence-electron chi connectivity index (χ0n) is 17.0. The second kappa shape index (κ2) is 8.11. The lowest BCUT2D eigenvalue weighted by molar-refractivity contribution is -0.386. The van der Waals surface area contributed by atoms with Crippen molar-refractivity contribution >= 4 is 11.5 Å². The van der Waals surface area contributed by atoms with Crippen LogP contribution in [0, 0.1) is 21.4 Å². The van der Waals surface area contributed by atoms with Crippen LogP contribution in [-0.2, 0) is 9.53 Å². The van der Waals surface area contributed by atoms with E-state index in [0.29, 0.717) is 12.2 Å². The summed E-state index contributed by atoms with van der Waals surface area (Å²) in [6.07, 6.45) is 1.94. The van der Waals surface area contributed by atoms with Crippen LogP contribution in [-0.4, -0.2) is 22.4 Å². The predicted molar refractivity (Wildman–Crippen MR) is 109 cm³/mol. The van der Waals surface area contributed by atoms with Gasteiger partial charge in [-0.2, -0.15) is 5.26 Å². The highest BCUT2D eigenvalue weighted by molar-refractivity contribution is 6.00. The first-order valence-electron chi connectivity index (χ1n) is 9.87. The molecule has 10 heteroatoms. The van der Waals surface area contributed by atoms with Gasteiger partial charge in [0.25, 0.3) is 0 Å². The fraction of sp³-hybridized carbons (Fsp3) is 0.273. The minimum absolute atomic E-state index is 0.0454. The molecule has 0 saturated carbocycles. The molecule has 1 aliphatic carbocycles. The third-order valence-electron chi connectivity index (χ3n) is 5.51. The lowest BCUT2D eigenvalue weighted by atomic mass is 9.74. The molecule has 0 spiro atoms. The number of Topliss-reactive ketones (excluding diaryl/α,β-unsaturated/α-hetero) is 1. The van der Waals surface area contributed by atoms with Gasteiger partial charge in [-0.05, 0) is 30.7 Å². The summed E-state index contributed by atoms with van der Waals surface area (Å²) in [5.74, 6) is -1.57. The van der Waals surface area contributed by atoms with Crippen LogP contribution < -0.4 is 10.5 Å². The molecular weight excluding hydrogens is 418 g/mol. The molecule has 0 amide bonds. The molecule has 2 aromatic rings. The molecule has 0 fully saturated rings. The van der Waals surface area contributed by atoms with E-state index < -0.39 is 22.3 Å². The molecule has 0 bridgehead atoms. The summed E-state index contributed by atoms with van der Waals surface area (Å²) in [5, 5.41) is 31.5. The van der Waals surface area contributed by atoms with Crippen molar-refractivity contribution in [2.45, 2.75) is 31.6 Å². The van der Waals surface area contributed by atoms with E-state index >= 15 is 0 Å². The second-order valence-electron chi connectivity index (χ2n) is 7.38. The summed E-state index contributed by atoms with van der Waals surface area (Å²) in [6, 6.07) is 7.95. The molecule has 4 rings (SSSR count). The molecule has 1 aliphatic heterocycles. The quantitative estimate of drug-likeness (QED) is 0.526. The summed E-state index contributed by atoms with van der Waals surface area (Å²) < 4.78 is 16.4. The third kappa shape index (κ3) is 3.43. The van der Waals surface area contributed by atoms with Gasteiger partial charge in [-0.25, -0.2) is 0 Å². The monoisotopic (exact) mass is 437 g/mol. The molecule has 1 aromatic heterocycles. The summed E-state index contributed by atoms with van der Waals surface area (Å²) in [4.78, 5) is 24.0. The summed E-state index contributed by atoms with van der Waals surface area (Å²) in [7, 11) is 0. The molecule has 2 aliphatic rings. The molecule has 32 heavy (non-hydrogen) atoms. The number of nitro benzene ring substituents is 1. The molecule has 0 saturated heterocycles. The van der Waals surface area contributed by atoms with Crippen molar-refractivity contribution in [3.05, 3.63) is 74.8 Å². The van der Waals surface area contributed by atoms with Crippen LogP contribution >= 0.6 is 0 Å². The van der Waals surface area contributed by atoms with Gasteiger partial charge in [0, 0.05) is 30.4 Å². The first-order valence-corrected chi connectivity index (χ1v) is 9.87. The molecular formula is C22H19N3O7. The van der Waals surface area contributed by atoms with E-state index in [1.807, 2.05) is 6.07 Å². The first-order chi connectivity index (χ1) is 15.3. The Morgan fingerprint density at radius 1 is 1.41 bits per heavy atom. The van der Waals surface area contributed by atoms with E-state index in [4.69, 9.17) is 19.6 Å². The summed E-state index contributed by atoms with van der Waals surface area (Å²) in [6.45, 7) is 1.80. The van der Waals surface area contributed by atoms with Crippen LogP contribution in [0.3, 0.4) is 0 Å². The van der Waals surface area contributed by atoms with Crippen LogP contribution in [0.5, 0.6) is 11.5 Å². The Labute approximate surface area is 182 Å². The van der Waals surface area contributed by atoms with Gasteiger partial charge < -0.3 is 24.7 Å². The number of ketones is 1. The SMILES string of the molecule is CCOc1cc([C@H]2C(C#N)=C(N)OC3=C2C(=O)C[C@@H](c2ccco2)C3)cc([N+](=O)[O-])c1O. The number of furan rings is 1. The topological polar surface area (TPSA) is 162 Å². The molecule has 2 heterocycles. The van der Waals surface area contributed by atoms with E-state index in [-0.39, 0.29) is 58.8 Å². The van der Waals surface area contributed by atoms with E-state index in [1.54, 1.807) is 19.1 Å². The minimum atomic E-state index is -0.993. The second-order valence-corrected chi connectivity index (χ2v) is 7.38. The standard InChI is InChI=1S/C22H19N3O7/c1-2-30-18-9-12(6-14(21(18)27)25(28)29)19-13(10-23)22(24)32-17-8-11(7-15(26)20(17)19)16-4-3-5-31-16/h3-6,9,11,19,27H,2,7-8,24H2,1H3/t11-,19+/m1/s1. The van der Waals surface area contributed by atoms with Gasteiger partial charge in [-0.1, -0.05) is 0 Å². The number of hydrogen-bond acceptors (Lipinski definition) is 9. The van der Waals surface area contributed by atoms with Gasteiger partial charge in [0.1, 0.15) is 23.2 Å². The first kappa shape index (κ1) is 21.0. The maximum absolute atomic E-state index is 13.2. The fourth-order valence-electron chi connectivity index (χ4n) is 4.15. The maximum atomic E-state index is 13.2. The highest BCUT2D eigenvalue weighted by Gasteiger charge is 2.42. The van der Waals surface area contributed by atoms with E-state index in [2.05, 4.69) is 0 Å². The van der Waals surface area contributed by atoms with E-state index in [9.17, 15) is 25.3 Å². The molecule has 0 radical (unpaired) electrons. The van der Waals surface area contributed by atoms with Crippen LogP contribution in [0.25, 0.3) is 0 Å². The third-order valence-corrected chi connectivity index (χ3v) is 5.51. The molecule has 10 nitrogen and oxygen atoms in total. The number of rotatable bonds is 5. The fourth-order valence-corrected chi connectivity index (χ4v) is 4.15. The molecule has 0 unspecified atom stereocenters. The number of nitriles is 1. The summed E-state index contributed by atoms with van der Waals surface area (Å²) >= 11 is 0. The van der Waals surface area contributed by atoms with Crippen molar-refractivity contribution in [3.8, 4) is 17.6 Å². The Balaban J connectivity index is 1.88. The Hall–Kier alpha value is -4.26. The lowest BCUT2D eigenvalue weighted by Gasteiger charge is -2.33. The Kier molecular flexibility index (Phi) is 5.32. The van der Waals surface area contributed by atoms with E-state index in [1.165, 1.54) is 12.3 Å². The average Bonchev–Trinajstić information content (AvgIpc) is 3.29. The van der Waals surface area contributed by atoms with Crippen molar-refractivity contribution < 1.29 is 28.7 Å². The smallest absolute Gasteiger partial charge is 0.314 e. The highest BCUT2D eigenvalue weighted by Crippen LogP contribution is 2.49. The van der Waals surface area contributed by atoms with Crippen molar-refractivity contribution in [2.24, 2.45) is 5.73 Å². The molecule has 1 aromatic carbocycles. The zero-order valence-corrected chi connectivity index (χ0v) is 17.0. The van der Waals surface area contributed by atoms with E-state index in [0.717, 1.165) is 6.07 Å². The Morgan fingerprint density at radius 3 is 2.81 bits per heavy atom. The minimum Gasteiger partial charge on any atom is -0.500 e. The number of phenols is 1. The molecule has 164 valence electrons. The van der Waals surface area contributed by atoms with Gasteiger partial charge in [0.15, 0.2) is 11.5 Å². The number of aromatic hydroxyl groups is 1. The number of allylic oxidation sites excluding steroid dienone is 3. The Bertz CT molecular complexity index is 1200. The van der Waals surface area contributed by atoms with Crippen LogP contribution in [0.15, 0.2) is 57.7 Å². The van der Waals surface area contributed by atoms with Crippen molar-refractivity contribution in [1.29, 1.82) is 5.26 Å². The maximum Gasteiger partial charge on any atom is 0.314 e. The number of nitrogens with zero attached hydrogens (tertiary/aromatic N) is 2. The average molecular weight is 437 g/mol. The Morgan fingerprint density at radius 2 is 2.19 bits per heavy atom. The van der Waals surface area contributed by atoms with Crippen LogP contribution in [0.1, 0.15) is 42.9 Å². The van der Waals surface area contributed by atoms with Crippen LogP contribution in [0.2, 0.25) is 0 Å². The largest absolute Gasteiger partial charge is 0.500 e. The van der Waals surface area contributed by atoms with Crippen molar-refractivity contribution in [3.63, 3.8) is 0 Å². The normalized spacial score (nSPS) is 20.4. The number of carbonyl (C=O) groups excluding carboxylic acids is 1. The molecule has 2 atom stereocenters. The van der Waals surface area contributed by atoms with Crippen LogP contribution in [0.4, 0.5) is 5.69 Å². The van der Waals surface area contributed by atoms with Crippen molar-refractivity contribution in [2.75, 3.05) is 6.61 Å². The van der Waals surface area contributed by atoms with Gasteiger partial charge in [0.05, 0.1) is 23.7 Å². The zero-order chi connectivity index (χ0) is 23.0. The summed E-state index contributed by atoms with van der Waals surface area (Å²) in [5.41, 5.74) is 5.79. The lowest BCUT2D eigenvalue weighted by Crippen LogP contribution is -2.29. The number of phenolic OH excluding ortho intramolecular Hbond substituents is 1. The van der Waals surface area contributed by atoms with Gasteiger partial charge in [-0.3, -0.25) is 14.9 Å². The number of carbonyl (C=O) groups is 1. The number of benzene rings is 1. The van der Waals surface area contributed by atoms with Gasteiger partial charge >= 0.3 is 5.69 Å². The number of nitro groups is 1. The highest BCUT2D eigenvalue weighted by atomic mass is 16.6.